The molecule has 2 rings (SSSR count). The summed E-state index contributed by atoms with van der Waals surface area (Å²) < 4.78 is 0. The van der Waals surface area contributed by atoms with E-state index in [9.17, 15) is 9.90 Å². The van der Waals surface area contributed by atoms with Crippen LogP contribution in [0.3, 0.4) is 0 Å². The maximum Gasteiger partial charge on any atom is 0.317 e. The van der Waals surface area contributed by atoms with E-state index >= 15 is 0 Å². The number of hydrogen-bond acceptors (Lipinski definition) is 3. The van der Waals surface area contributed by atoms with Gasteiger partial charge in [0, 0.05) is 19.5 Å². The molecular formula is C17H23N3O2. The molecule has 3 atom stereocenters. The van der Waals surface area contributed by atoms with Crippen LogP contribution in [-0.2, 0) is 0 Å². The molecule has 5 nitrogen and oxygen atoms in total. The van der Waals surface area contributed by atoms with Crippen molar-refractivity contribution in [2.24, 2.45) is 5.92 Å². The Balaban J connectivity index is 1.88. The molecule has 0 saturated heterocycles. The minimum absolute atomic E-state index is 0.129. The monoisotopic (exact) mass is 301 g/mol. The summed E-state index contributed by atoms with van der Waals surface area (Å²) in [6.45, 7) is 2.49. The van der Waals surface area contributed by atoms with Gasteiger partial charge >= 0.3 is 6.03 Å². The number of nitriles is 1. The zero-order valence-corrected chi connectivity index (χ0v) is 13.1. The third-order valence-electron chi connectivity index (χ3n) is 4.35. The van der Waals surface area contributed by atoms with E-state index in [-0.39, 0.29) is 24.1 Å². The van der Waals surface area contributed by atoms with E-state index in [0.29, 0.717) is 12.1 Å². The lowest BCUT2D eigenvalue weighted by Crippen LogP contribution is -2.42. The fraction of sp³-hybridized carbons (Fsp3) is 0.529. The topological polar surface area (TPSA) is 76.4 Å². The molecule has 0 spiro atoms. The third-order valence-corrected chi connectivity index (χ3v) is 4.35. The standard InChI is InChI=1S/C17H23N3O2/c1-12(14-8-6-13(10-18)7-9-14)19-17(22)20(2)11-15-4-3-5-16(15)21/h6-9,12,15-16,21H,3-5,11H2,1-2H3,(H,19,22). The highest BCUT2D eigenvalue weighted by Crippen LogP contribution is 2.26. The number of nitrogens with zero attached hydrogens (tertiary/aromatic N) is 2. The second kappa shape index (κ2) is 7.28. The Bertz CT molecular complexity index is 550. The third kappa shape index (κ3) is 3.99. The lowest BCUT2D eigenvalue weighted by atomic mass is 10.1. The Labute approximate surface area is 131 Å². The van der Waals surface area contributed by atoms with Gasteiger partial charge in [0.2, 0.25) is 0 Å². The fourth-order valence-corrected chi connectivity index (χ4v) is 2.89. The van der Waals surface area contributed by atoms with Crippen LogP contribution in [0.1, 0.15) is 43.4 Å². The summed E-state index contributed by atoms with van der Waals surface area (Å²) in [5.74, 6) is 0.181. The lowest BCUT2D eigenvalue weighted by molar-refractivity contribution is 0.113. The molecule has 1 aromatic carbocycles. The van der Waals surface area contributed by atoms with Crippen LogP contribution in [-0.4, -0.2) is 35.7 Å². The quantitative estimate of drug-likeness (QED) is 0.896. The van der Waals surface area contributed by atoms with E-state index in [1.807, 2.05) is 19.1 Å². The highest BCUT2D eigenvalue weighted by Gasteiger charge is 2.27. The van der Waals surface area contributed by atoms with Crippen LogP contribution in [0.2, 0.25) is 0 Å². The van der Waals surface area contributed by atoms with E-state index in [4.69, 9.17) is 5.26 Å². The number of amides is 2. The number of aliphatic hydroxyl groups excluding tert-OH is 1. The molecule has 2 N–H and O–H groups in total. The van der Waals surface area contributed by atoms with Gasteiger partial charge in [0.05, 0.1) is 23.8 Å². The first-order chi connectivity index (χ1) is 10.5. The Kier molecular flexibility index (Phi) is 5.40. The van der Waals surface area contributed by atoms with Crippen LogP contribution in [0.5, 0.6) is 0 Å². The van der Waals surface area contributed by atoms with Crippen LogP contribution in [0, 0.1) is 17.2 Å². The molecule has 1 aromatic rings. The molecule has 0 bridgehead atoms. The summed E-state index contributed by atoms with van der Waals surface area (Å²) >= 11 is 0. The van der Waals surface area contributed by atoms with E-state index in [1.54, 1.807) is 24.1 Å². The SMILES string of the molecule is CC(NC(=O)N(C)CC1CCCC1O)c1ccc(C#N)cc1. The highest BCUT2D eigenvalue weighted by atomic mass is 16.3. The summed E-state index contributed by atoms with van der Waals surface area (Å²) in [5.41, 5.74) is 1.57. The molecule has 0 heterocycles. The van der Waals surface area contributed by atoms with Crippen molar-refractivity contribution in [3.63, 3.8) is 0 Å². The summed E-state index contributed by atoms with van der Waals surface area (Å²) in [5, 5.41) is 21.6. The number of aliphatic hydroxyl groups is 1. The van der Waals surface area contributed by atoms with Crippen molar-refractivity contribution in [3.05, 3.63) is 35.4 Å². The molecule has 0 radical (unpaired) electrons. The normalized spacial score (nSPS) is 21.9. The fourth-order valence-electron chi connectivity index (χ4n) is 2.89. The van der Waals surface area contributed by atoms with E-state index < -0.39 is 0 Å². The molecule has 3 unspecified atom stereocenters. The predicted octanol–water partition coefficient (Wildman–Crippen LogP) is 2.42. The molecule has 5 heteroatoms. The molecule has 1 fully saturated rings. The molecule has 1 aliphatic rings. The van der Waals surface area contributed by atoms with Crippen molar-refractivity contribution in [1.82, 2.24) is 10.2 Å². The zero-order valence-electron chi connectivity index (χ0n) is 13.1. The van der Waals surface area contributed by atoms with Crippen molar-refractivity contribution in [2.75, 3.05) is 13.6 Å². The largest absolute Gasteiger partial charge is 0.393 e. The Morgan fingerprint density at radius 1 is 1.45 bits per heavy atom. The number of urea groups is 1. The van der Waals surface area contributed by atoms with Crippen molar-refractivity contribution >= 4 is 6.03 Å². The van der Waals surface area contributed by atoms with Crippen molar-refractivity contribution in [2.45, 2.75) is 38.3 Å². The Morgan fingerprint density at radius 3 is 2.68 bits per heavy atom. The highest BCUT2D eigenvalue weighted by molar-refractivity contribution is 5.74. The molecule has 0 aromatic heterocycles. The van der Waals surface area contributed by atoms with Crippen molar-refractivity contribution in [3.8, 4) is 6.07 Å². The van der Waals surface area contributed by atoms with Crippen LogP contribution >= 0.6 is 0 Å². The van der Waals surface area contributed by atoms with Crippen LogP contribution in [0.4, 0.5) is 4.79 Å². The van der Waals surface area contributed by atoms with Gasteiger partial charge in [-0.25, -0.2) is 4.79 Å². The van der Waals surface area contributed by atoms with Gasteiger partial charge in [0.1, 0.15) is 0 Å². The van der Waals surface area contributed by atoms with Gasteiger partial charge < -0.3 is 15.3 Å². The lowest BCUT2D eigenvalue weighted by Gasteiger charge is -2.25. The Morgan fingerprint density at radius 2 is 2.14 bits per heavy atom. The van der Waals surface area contributed by atoms with Crippen molar-refractivity contribution in [1.29, 1.82) is 5.26 Å². The molecule has 118 valence electrons. The number of rotatable bonds is 4. The second-order valence-corrected chi connectivity index (χ2v) is 6.04. The number of carbonyl (C=O) groups is 1. The summed E-state index contributed by atoms with van der Waals surface area (Å²) in [6, 6.07) is 9.00. The first-order valence-electron chi connectivity index (χ1n) is 7.71. The average molecular weight is 301 g/mol. The molecular weight excluding hydrogens is 278 g/mol. The van der Waals surface area contributed by atoms with Gasteiger partial charge in [0.15, 0.2) is 0 Å². The minimum Gasteiger partial charge on any atom is -0.393 e. The maximum atomic E-state index is 12.2. The Hall–Kier alpha value is -2.06. The van der Waals surface area contributed by atoms with Crippen LogP contribution in [0.15, 0.2) is 24.3 Å². The summed E-state index contributed by atoms with van der Waals surface area (Å²) in [6.07, 6.45) is 2.56. The van der Waals surface area contributed by atoms with Gasteiger partial charge in [-0.15, -0.1) is 0 Å². The first kappa shape index (κ1) is 16.3. The second-order valence-electron chi connectivity index (χ2n) is 6.04. The molecule has 22 heavy (non-hydrogen) atoms. The minimum atomic E-state index is -0.286. The van der Waals surface area contributed by atoms with Crippen LogP contribution in [0.25, 0.3) is 0 Å². The molecule has 1 saturated carbocycles. The maximum absolute atomic E-state index is 12.2. The molecule has 2 amide bonds. The van der Waals surface area contributed by atoms with Gasteiger partial charge in [0.25, 0.3) is 0 Å². The van der Waals surface area contributed by atoms with Gasteiger partial charge in [-0.2, -0.15) is 5.26 Å². The zero-order chi connectivity index (χ0) is 16.1. The average Bonchev–Trinajstić information content (AvgIpc) is 2.92. The number of nitrogens with one attached hydrogen (secondary N) is 1. The van der Waals surface area contributed by atoms with Gasteiger partial charge in [-0.3, -0.25) is 0 Å². The van der Waals surface area contributed by atoms with Crippen LogP contribution < -0.4 is 5.32 Å². The summed E-state index contributed by atoms with van der Waals surface area (Å²) in [4.78, 5) is 13.9. The predicted molar refractivity (Wildman–Crippen MR) is 84.1 cm³/mol. The van der Waals surface area contributed by atoms with E-state index in [2.05, 4.69) is 11.4 Å². The number of benzene rings is 1. The van der Waals surface area contributed by atoms with E-state index in [0.717, 1.165) is 24.8 Å². The van der Waals surface area contributed by atoms with Crippen molar-refractivity contribution < 1.29 is 9.90 Å². The van der Waals surface area contributed by atoms with Gasteiger partial charge in [-0.1, -0.05) is 18.6 Å². The first-order valence-corrected chi connectivity index (χ1v) is 7.71. The molecule has 1 aliphatic carbocycles. The van der Waals surface area contributed by atoms with E-state index in [1.165, 1.54) is 0 Å². The number of hydrogen-bond donors (Lipinski definition) is 2. The summed E-state index contributed by atoms with van der Waals surface area (Å²) in [7, 11) is 1.76. The smallest absolute Gasteiger partial charge is 0.317 e. The molecule has 0 aliphatic heterocycles. The van der Waals surface area contributed by atoms with Gasteiger partial charge in [-0.05, 0) is 37.5 Å². The number of carbonyl (C=O) groups excluding carboxylic acids is 1.